The van der Waals surface area contributed by atoms with Gasteiger partial charge in [0.25, 0.3) is 0 Å². The molecule has 0 spiro atoms. The fourth-order valence-corrected chi connectivity index (χ4v) is 0.938. The summed E-state index contributed by atoms with van der Waals surface area (Å²) in [7, 11) is 1.86. The Bertz CT molecular complexity index is 213. The quantitative estimate of drug-likeness (QED) is 0.615. The third-order valence-corrected chi connectivity index (χ3v) is 1.64. The van der Waals surface area contributed by atoms with E-state index in [9.17, 15) is 4.79 Å². The molecule has 0 aromatic carbocycles. The number of rotatable bonds is 2. The first-order valence-corrected chi connectivity index (χ1v) is 3.32. The smallest absolute Gasteiger partial charge is 0.156 e. The van der Waals surface area contributed by atoms with Crippen molar-refractivity contribution >= 4 is 5.78 Å². The zero-order chi connectivity index (χ0) is 7.56. The molecule has 54 valence electrons. The number of hydrogen-bond acceptors (Lipinski definition) is 2. The molecule has 1 rings (SSSR count). The Hall–Kier alpha value is -1.05. The number of hydrogen-bond donors (Lipinski definition) is 1. The lowest BCUT2D eigenvalue weighted by Crippen LogP contribution is -2.05. The minimum atomic E-state index is 0.168. The summed E-state index contributed by atoms with van der Waals surface area (Å²) < 4.78 is 0. The van der Waals surface area contributed by atoms with Gasteiger partial charge in [0.15, 0.2) is 5.78 Å². The Morgan fingerprint density at radius 1 is 1.60 bits per heavy atom. The van der Waals surface area contributed by atoms with Crippen LogP contribution in [0.25, 0.3) is 0 Å². The lowest BCUT2D eigenvalue weighted by molar-refractivity contribution is -0.113. The molecule has 0 aliphatic heterocycles. The van der Waals surface area contributed by atoms with Gasteiger partial charge in [-0.15, -0.1) is 0 Å². The maximum Gasteiger partial charge on any atom is 0.156 e. The van der Waals surface area contributed by atoms with Gasteiger partial charge in [0.1, 0.15) is 0 Å². The fourth-order valence-electron chi connectivity index (χ4n) is 0.938. The predicted molar refractivity (Wildman–Crippen MR) is 40.5 cm³/mol. The van der Waals surface area contributed by atoms with Crippen molar-refractivity contribution in [2.24, 2.45) is 0 Å². The number of carbonyl (C=O) groups is 1. The van der Waals surface area contributed by atoms with Crippen molar-refractivity contribution in [3.8, 4) is 0 Å². The summed E-state index contributed by atoms with van der Waals surface area (Å²) in [5.74, 6) is 0.168. The van der Waals surface area contributed by atoms with Crippen LogP contribution >= 0.6 is 0 Å². The predicted octanol–water partition coefficient (Wildman–Crippen LogP) is 1.01. The molecule has 2 heteroatoms. The minimum absolute atomic E-state index is 0.168. The lowest BCUT2D eigenvalue weighted by atomic mass is 10.1. The van der Waals surface area contributed by atoms with Gasteiger partial charge in [0.05, 0.1) is 0 Å². The second-order valence-electron chi connectivity index (χ2n) is 2.37. The molecule has 0 atom stereocenters. The van der Waals surface area contributed by atoms with Gasteiger partial charge in [-0.1, -0.05) is 6.08 Å². The number of ketones is 1. The maximum absolute atomic E-state index is 10.8. The highest BCUT2D eigenvalue weighted by atomic mass is 16.1. The van der Waals surface area contributed by atoms with Gasteiger partial charge in [0.2, 0.25) is 0 Å². The van der Waals surface area contributed by atoms with Crippen LogP contribution in [0.5, 0.6) is 0 Å². The molecule has 1 aliphatic rings. The van der Waals surface area contributed by atoms with E-state index < -0.39 is 0 Å². The topological polar surface area (TPSA) is 29.1 Å². The van der Waals surface area contributed by atoms with E-state index in [-0.39, 0.29) is 5.78 Å². The number of nitrogens with one attached hydrogen (secondary N) is 1. The summed E-state index contributed by atoms with van der Waals surface area (Å²) in [6, 6.07) is 0. The summed E-state index contributed by atoms with van der Waals surface area (Å²) >= 11 is 0. The van der Waals surface area contributed by atoms with Crippen molar-refractivity contribution in [2.75, 3.05) is 7.05 Å². The molecule has 0 amide bonds. The van der Waals surface area contributed by atoms with Gasteiger partial charge in [-0.2, -0.15) is 0 Å². The Morgan fingerprint density at radius 2 is 2.30 bits per heavy atom. The largest absolute Gasteiger partial charge is 0.391 e. The third kappa shape index (κ3) is 1.26. The van der Waals surface area contributed by atoms with E-state index in [1.54, 1.807) is 6.92 Å². The van der Waals surface area contributed by atoms with Crippen molar-refractivity contribution in [1.82, 2.24) is 5.32 Å². The highest BCUT2D eigenvalue weighted by molar-refractivity contribution is 5.94. The van der Waals surface area contributed by atoms with Gasteiger partial charge in [-0.05, 0) is 13.0 Å². The molecule has 2 nitrogen and oxygen atoms in total. The van der Waals surface area contributed by atoms with Crippen LogP contribution in [0, 0.1) is 0 Å². The summed E-state index contributed by atoms with van der Waals surface area (Å²) in [5.41, 5.74) is 2.01. The Labute approximate surface area is 60.6 Å². The van der Waals surface area contributed by atoms with Gasteiger partial charge in [-0.3, -0.25) is 4.79 Å². The summed E-state index contributed by atoms with van der Waals surface area (Å²) in [6.07, 6.45) is 4.58. The molecule has 10 heavy (non-hydrogen) atoms. The zero-order valence-electron chi connectivity index (χ0n) is 6.27. The number of carbonyl (C=O) groups excluding carboxylic acids is 1. The van der Waals surface area contributed by atoms with E-state index in [1.165, 1.54) is 0 Å². The van der Waals surface area contributed by atoms with Crippen molar-refractivity contribution in [3.63, 3.8) is 0 Å². The van der Waals surface area contributed by atoms with Gasteiger partial charge in [0, 0.05) is 24.7 Å². The molecule has 0 unspecified atom stereocenters. The Balaban J connectivity index is 2.56. The fraction of sp³-hybridized carbons (Fsp3) is 0.375. The second kappa shape index (κ2) is 2.69. The molecule has 0 aromatic rings. The standard InChI is InChI=1S/C8H11NO/c1-6(10)7-3-4-8(5-7)9-2/h3-4,9H,5H2,1-2H3. The van der Waals surface area contributed by atoms with E-state index in [1.807, 2.05) is 19.2 Å². The van der Waals surface area contributed by atoms with Crippen LogP contribution in [0.1, 0.15) is 13.3 Å². The first-order chi connectivity index (χ1) is 4.74. The van der Waals surface area contributed by atoms with Crippen molar-refractivity contribution in [3.05, 3.63) is 23.4 Å². The monoisotopic (exact) mass is 137 g/mol. The van der Waals surface area contributed by atoms with E-state index in [2.05, 4.69) is 5.32 Å². The first kappa shape index (κ1) is 7.06. The van der Waals surface area contributed by atoms with Crippen LogP contribution < -0.4 is 5.32 Å². The van der Waals surface area contributed by atoms with Crippen LogP contribution in [-0.2, 0) is 4.79 Å². The van der Waals surface area contributed by atoms with E-state index in [0.717, 1.165) is 17.7 Å². The van der Waals surface area contributed by atoms with Gasteiger partial charge in [-0.25, -0.2) is 0 Å². The highest BCUT2D eigenvalue weighted by Crippen LogP contribution is 2.16. The molecule has 1 N–H and O–H groups in total. The first-order valence-electron chi connectivity index (χ1n) is 3.32. The van der Waals surface area contributed by atoms with Crippen LogP contribution in [0.2, 0.25) is 0 Å². The van der Waals surface area contributed by atoms with E-state index in [0.29, 0.717) is 0 Å². The summed E-state index contributed by atoms with van der Waals surface area (Å²) in [5, 5.41) is 3.01. The molecule has 0 fully saturated rings. The van der Waals surface area contributed by atoms with Gasteiger partial charge >= 0.3 is 0 Å². The summed E-state index contributed by atoms with van der Waals surface area (Å²) in [4.78, 5) is 10.8. The van der Waals surface area contributed by atoms with Crippen LogP contribution in [0.3, 0.4) is 0 Å². The summed E-state index contributed by atoms with van der Waals surface area (Å²) in [6.45, 7) is 1.60. The third-order valence-electron chi connectivity index (χ3n) is 1.64. The van der Waals surface area contributed by atoms with Crippen LogP contribution in [0.4, 0.5) is 0 Å². The van der Waals surface area contributed by atoms with Crippen molar-refractivity contribution in [1.29, 1.82) is 0 Å². The minimum Gasteiger partial charge on any atom is -0.391 e. The van der Waals surface area contributed by atoms with Crippen LogP contribution in [-0.4, -0.2) is 12.8 Å². The normalized spacial score (nSPS) is 16.2. The molecule has 0 saturated carbocycles. The molecular formula is C8H11NO. The SMILES string of the molecule is CNC1=CC=C(C(C)=O)C1. The zero-order valence-corrected chi connectivity index (χ0v) is 6.27. The van der Waals surface area contributed by atoms with Crippen LogP contribution in [0.15, 0.2) is 23.4 Å². The number of allylic oxidation sites excluding steroid dienone is 3. The Kier molecular flexibility index (Phi) is 1.90. The van der Waals surface area contributed by atoms with Crippen molar-refractivity contribution in [2.45, 2.75) is 13.3 Å². The average Bonchev–Trinajstić information content (AvgIpc) is 2.34. The Morgan fingerprint density at radius 3 is 2.60 bits per heavy atom. The molecule has 0 radical (unpaired) electrons. The molecular weight excluding hydrogens is 126 g/mol. The molecule has 0 heterocycles. The molecule has 0 bridgehead atoms. The van der Waals surface area contributed by atoms with Crippen molar-refractivity contribution < 1.29 is 4.79 Å². The second-order valence-corrected chi connectivity index (χ2v) is 2.37. The lowest BCUT2D eigenvalue weighted by Gasteiger charge is -1.99. The van der Waals surface area contributed by atoms with Gasteiger partial charge < -0.3 is 5.32 Å². The maximum atomic E-state index is 10.8. The highest BCUT2D eigenvalue weighted by Gasteiger charge is 2.09. The molecule has 0 aromatic heterocycles. The number of Topliss-reactive ketones (excluding diaryl/α,β-unsaturated/α-hetero) is 1. The average molecular weight is 137 g/mol. The van der Waals surface area contributed by atoms with E-state index in [4.69, 9.17) is 0 Å². The molecule has 0 saturated heterocycles. The van der Waals surface area contributed by atoms with E-state index >= 15 is 0 Å². The molecule has 1 aliphatic carbocycles.